The van der Waals surface area contributed by atoms with E-state index in [9.17, 15) is 0 Å². The van der Waals surface area contributed by atoms with E-state index in [1.165, 1.54) is 55.6 Å². The Morgan fingerprint density at radius 3 is 1.07 bits per heavy atom. The number of ether oxygens (including phenoxy) is 3. The number of nitrogens with zero attached hydrogens (tertiary/aromatic N) is 8. The number of unbranched alkanes of at least 4 members (excludes halogenated alkanes) is 3. The molecule has 0 aliphatic carbocycles. The Bertz CT molecular complexity index is 1550. The maximum absolute atomic E-state index is 5.90. The van der Waals surface area contributed by atoms with Crippen molar-refractivity contribution in [2.24, 2.45) is 0 Å². The van der Waals surface area contributed by atoms with Gasteiger partial charge in [0, 0.05) is 0 Å². The molecule has 0 saturated heterocycles. The van der Waals surface area contributed by atoms with Crippen molar-refractivity contribution in [3.8, 4) is 22.8 Å². The van der Waals surface area contributed by atoms with E-state index in [4.69, 9.17) is 37.4 Å². The van der Waals surface area contributed by atoms with Crippen molar-refractivity contribution in [3.63, 3.8) is 0 Å². The molecule has 0 bridgehead atoms. The summed E-state index contributed by atoms with van der Waals surface area (Å²) in [7, 11) is 0. The summed E-state index contributed by atoms with van der Waals surface area (Å²) in [4.78, 5) is 0. The summed E-state index contributed by atoms with van der Waals surface area (Å²) in [5.41, 5.74) is 3.65. The van der Waals surface area contributed by atoms with Gasteiger partial charge in [-0.1, -0.05) is 36.4 Å². The van der Waals surface area contributed by atoms with Crippen molar-refractivity contribution >= 4 is 53.1 Å². The zero-order valence-corrected chi connectivity index (χ0v) is 37.1. The molecule has 0 aromatic carbocycles. The van der Waals surface area contributed by atoms with E-state index in [2.05, 4.69) is 88.2 Å². The Morgan fingerprint density at radius 2 is 0.815 bits per heavy atom. The molecule has 0 unspecified atom stereocenters. The summed E-state index contributed by atoms with van der Waals surface area (Å²) >= 11 is 8.94. The number of rotatable bonds is 20. The predicted molar refractivity (Wildman–Crippen MR) is 223 cm³/mol. The van der Waals surface area contributed by atoms with Gasteiger partial charge in [0.15, 0.2) is 10.3 Å². The fourth-order valence-corrected chi connectivity index (χ4v) is 20.1. The van der Waals surface area contributed by atoms with Crippen LogP contribution in [-0.4, -0.2) is 79.0 Å². The summed E-state index contributed by atoms with van der Waals surface area (Å²) in [5.74, 6) is 0.993. The Balaban J connectivity index is 0.000000287. The zero-order chi connectivity index (χ0) is 39.8. The summed E-state index contributed by atoms with van der Waals surface area (Å²) in [6.07, 6.45) is 8.10. The molecule has 0 spiro atoms. The van der Waals surface area contributed by atoms with Crippen LogP contribution >= 0.6 is 23.2 Å². The zero-order valence-electron chi connectivity index (χ0n) is 32.8. The topological polar surface area (TPSA) is 131 Å². The Labute approximate surface area is 335 Å². The summed E-state index contributed by atoms with van der Waals surface area (Å²) < 4.78 is 22.1. The molecule has 4 aromatic heterocycles. The van der Waals surface area contributed by atoms with Crippen molar-refractivity contribution in [2.45, 2.75) is 93.4 Å². The van der Waals surface area contributed by atoms with Gasteiger partial charge in [-0.05, 0) is 62.4 Å². The first kappa shape index (κ1) is 46.5. The van der Waals surface area contributed by atoms with Crippen molar-refractivity contribution < 1.29 is 14.2 Å². The molecular formula is C40H56Cl2N8O3Sn. The van der Waals surface area contributed by atoms with Crippen molar-refractivity contribution in [1.82, 2.24) is 40.8 Å². The quantitative estimate of drug-likeness (QED) is 0.0621. The minimum Gasteiger partial charge on any atom is -0.147 e. The van der Waals surface area contributed by atoms with Crippen LogP contribution in [0, 0.1) is 0 Å². The van der Waals surface area contributed by atoms with E-state index in [0.717, 1.165) is 6.61 Å². The third-order valence-corrected chi connectivity index (χ3v) is 23.7. The van der Waals surface area contributed by atoms with Crippen LogP contribution in [0.5, 0.6) is 0 Å². The van der Waals surface area contributed by atoms with Gasteiger partial charge >= 0.3 is 120 Å². The summed E-state index contributed by atoms with van der Waals surface area (Å²) in [5, 5.41) is 32.2. The van der Waals surface area contributed by atoms with Crippen LogP contribution < -0.4 is 0 Å². The number of hydrogen-bond donors (Lipinski definition) is 0. The molecule has 0 atom stereocenters. The van der Waals surface area contributed by atoms with Crippen LogP contribution in [0.3, 0.4) is 0 Å². The van der Waals surface area contributed by atoms with Gasteiger partial charge in [-0.2, -0.15) is 0 Å². The largest absolute Gasteiger partial charge is 0.151 e. The van der Waals surface area contributed by atoms with Gasteiger partial charge in [-0.25, -0.2) is 0 Å². The van der Waals surface area contributed by atoms with Crippen molar-refractivity contribution in [1.29, 1.82) is 0 Å². The second-order valence-corrected chi connectivity index (χ2v) is 26.2. The smallest absolute Gasteiger partial charge is 0.147 e. The van der Waals surface area contributed by atoms with Crippen LogP contribution in [0.4, 0.5) is 0 Å². The van der Waals surface area contributed by atoms with E-state index in [1.54, 1.807) is 48.5 Å². The molecule has 0 saturated carbocycles. The first-order valence-corrected chi connectivity index (χ1v) is 26.9. The van der Waals surface area contributed by atoms with Crippen LogP contribution in [0.15, 0.2) is 72.0 Å². The average Bonchev–Trinajstić information content (AvgIpc) is 3.19. The van der Waals surface area contributed by atoms with Crippen LogP contribution in [-0.2, 0) is 14.2 Å². The predicted octanol–water partition coefficient (Wildman–Crippen LogP) is 11.1. The average molecular weight is 887 g/mol. The van der Waals surface area contributed by atoms with E-state index in [0.29, 0.717) is 69.2 Å². The molecule has 0 aliphatic heterocycles. The molecule has 0 aliphatic rings. The van der Waals surface area contributed by atoms with Gasteiger partial charge in [0.25, 0.3) is 0 Å². The Morgan fingerprint density at radius 1 is 0.481 bits per heavy atom. The normalized spacial score (nSPS) is 10.6. The van der Waals surface area contributed by atoms with Gasteiger partial charge in [0.1, 0.15) is 45.7 Å². The van der Waals surface area contributed by atoms with E-state index >= 15 is 0 Å². The molecule has 0 fully saturated rings. The van der Waals surface area contributed by atoms with Gasteiger partial charge < -0.3 is 9.47 Å². The Hall–Kier alpha value is -3.68. The minimum atomic E-state index is -2.24. The molecule has 54 heavy (non-hydrogen) atoms. The second-order valence-electron chi connectivity index (χ2n) is 12.2. The van der Waals surface area contributed by atoms with Crippen molar-refractivity contribution in [2.75, 3.05) is 19.8 Å². The van der Waals surface area contributed by atoms with E-state index < -0.39 is 18.4 Å². The third-order valence-electron chi connectivity index (χ3n) is 8.26. The second kappa shape index (κ2) is 26.2. The molecule has 4 heterocycles. The number of aromatic nitrogens is 8. The third kappa shape index (κ3) is 16.0. The summed E-state index contributed by atoms with van der Waals surface area (Å²) in [6.45, 7) is 26.6. The summed E-state index contributed by atoms with van der Waals surface area (Å²) in [6, 6.07) is 13.9. The standard InChI is InChI=1S/C16H18N4O2.C8H4Cl2N4.C4H7O.3C4H9.Sn/c1-5-21-11(3)13-7-9-15(19-17-13)16-10-8-14(18-20-16)12(4)22-6-2;9-7-3-1-5(11-13-7)6-2-4-8(10)14-12-6;1-3-5-4-2;3*1-3-4-2;/h7-10H,3-6H2,1-2H3;1-4H;1,4H2,2H3;3*1,3-4H2,2H3;. The van der Waals surface area contributed by atoms with Crippen LogP contribution in [0.25, 0.3) is 34.3 Å². The van der Waals surface area contributed by atoms with E-state index in [-0.39, 0.29) is 0 Å². The molecule has 4 rings (SSSR count). The van der Waals surface area contributed by atoms with Crippen LogP contribution in [0.1, 0.15) is 91.5 Å². The van der Waals surface area contributed by atoms with Crippen LogP contribution in [0.2, 0.25) is 23.6 Å². The number of halogens is 2. The maximum Gasteiger partial charge on any atom is 0.151 e. The first-order chi connectivity index (χ1) is 26.1. The van der Waals surface area contributed by atoms with Gasteiger partial charge in [0.2, 0.25) is 0 Å². The van der Waals surface area contributed by atoms with Gasteiger partial charge in [-0.15, -0.1) is 40.8 Å². The molecule has 0 amide bonds. The first-order valence-electron chi connectivity index (χ1n) is 18.7. The molecule has 14 heteroatoms. The fourth-order valence-electron chi connectivity index (χ4n) is 5.30. The van der Waals surface area contributed by atoms with Crippen molar-refractivity contribution in [3.05, 3.63) is 93.7 Å². The molecule has 292 valence electrons. The Kier molecular flexibility index (Phi) is 22.5. The minimum absolute atomic E-state index is 0.343. The van der Waals surface area contributed by atoms with E-state index in [1.807, 2.05) is 13.8 Å². The monoisotopic (exact) mass is 886 g/mol. The molecule has 0 radical (unpaired) electrons. The molecule has 0 N–H and O–H groups in total. The SMILES string of the molecule is C=C(OCC)c1ccc(-c2ccc(C(=C)OCC)nn2)nn1.C=[C](OCC)[Sn]([CH2]CCC)([CH2]CCC)[CH2]CCC.Clc1ccc(-c2ccc(Cl)nn2)nn1. The fraction of sp³-hybridized carbons (Fsp3) is 0.450. The maximum atomic E-state index is 5.90. The van der Waals surface area contributed by atoms with Gasteiger partial charge in [-0.3, -0.25) is 0 Å². The molecule has 4 aromatic rings. The number of hydrogen-bond acceptors (Lipinski definition) is 11. The van der Waals surface area contributed by atoms with Gasteiger partial charge in [0.05, 0.1) is 13.2 Å². The molecular weight excluding hydrogens is 830 g/mol. The molecule has 11 nitrogen and oxygen atoms in total.